The quantitative estimate of drug-likeness (QED) is 0.601. The predicted molar refractivity (Wildman–Crippen MR) is 81.3 cm³/mol. The van der Waals surface area contributed by atoms with Gasteiger partial charge in [0.1, 0.15) is 24.7 Å². The first-order valence-electron chi connectivity index (χ1n) is 5.79. The molecule has 0 aliphatic carbocycles. The molecule has 96 valence electrons. The summed E-state index contributed by atoms with van der Waals surface area (Å²) in [6.45, 7) is 0.914. The molecule has 3 nitrogen and oxygen atoms in total. The van der Waals surface area contributed by atoms with Gasteiger partial charge >= 0.3 is 0 Å². The molecule has 0 atom stereocenters. The van der Waals surface area contributed by atoms with Gasteiger partial charge in [0.05, 0.1) is 11.6 Å². The second-order valence-corrected chi connectivity index (χ2v) is 5.04. The van der Waals surface area contributed by atoms with Crippen LogP contribution in [-0.4, -0.2) is 13.2 Å². The van der Waals surface area contributed by atoms with Gasteiger partial charge in [-0.15, -0.1) is 0 Å². The van der Waals surface area contributed by atoms with E-state index >= 15 is 0 Å². The van der Waals surface area contributed by atoms with Gasteiger partial charge in [0.15, 0.2) is 0 Å². The molecule has 0 bridgehead atoms. The Labute approximate surface area is 125 Å². The molecule has 0 unspecified atom stereocenters. The van der Waals surface area contributed by atoms with E-state index in [2.05, 4.69) is 28.7 Å². The number of halogens is 1. The minimum absolute atomic E-state index is 0.445. The van der Waals surface area contributed by atoms with Crippen LogP contribution >= 0.6 is 22.6 Å². The zero-order valence-electron chi connectivity index (χ0n) is 10.2. The fourth-order valence-electron chi connectivity index (χ4n) is 1.53. The van der Waals surface area contributed by atoms with Crippen LogP contribution in [0.5, 0.6) is 11.5 Å². The van der Waals surface area contributed by atoms with Gasteiger partial charge in [-0.2, -0.15) is 5.26 Å². The van der Waals surface area contributed by atoms with E-state index in [0.717, 1.165) is 9.32 Å². The highest BCUT2D eigenvalue weighted by molar-refractivity contribution is 14.1. The van der Waals surface area contributed by atoms with E-state index in [1.54, 1.807) is 18.2 Å². The monoisotopic (exact) mass is 365 g/mol. The van der Waals surface area contributed by atoms with E-state index in [1.807, 2.05) is 30.3 Å². The fraction of sp³-hybridized carbons (Fsp3) is 0.133. The maximum atomic E-state index is 8.78. The van der Waals surface area contributed by atoms with Crippen molar-refractivity contribution in [2.75, 3.05) is 13.2 Å². The summed E-state index contributed by atoms with van der Waals surface area (Å²) in [4.78, 5) is 0. The Bertz CT molecular complexity index is 593. The summed E-state index contributed by atoms with van der Waals surface area (Å²) >= 11 is 2.24. The average molecular weight is 365 g/mol. The lowest BCUT2D eigenvalue weighted by Gasteiger charge is -2.08. The summed E-state index contributed by atoms with van der Waals surface area (Å²) < 4.78 is 12.2. The smallest absolute Gasteiger partial charge is 0.122 e. The zero-order valence-corrected chi connectivity index (χ0v) is 12.3. The van der Waals surface area contributed by atoms with E-state index in [9.17, 15) is 0 Å². The third-order valence-corrected chi connectivity index (χ3v) is 3.05. The maximum absolute atomic E-state index is 8.78. The predicted octanol–water partition coefficient (Wildman–Crippen LogP) is 3.62. The van der Waals surface area contributed by atoms with E-state index in [1.165, 1.54) is 0 Å². The normalized spacial score (nSPS) is 9.68. The molecule has 0 heterocycles. The largest absolute Gasteiger partial charge is 0.490 e. The van der Waals surface area contributed by atoms with Crippen LogP contribution in [0.3, 0.4) is 0 Å². The van der Waals surface area contributed by atoms with Crippen molar-refractivity contribution in [2.45, 2.75) is 0 Å². The Hall–Kier alpha value is -1.74. The van der Waals surface area contributed by atoms with E-state index < -0.39 is 0 Å². The SMILES string of the molecule is N#Cc1cccc(OCCOc2cccc(I)c2)c1. The van der Waals surface area contributed by atoms with Gasteiger partial charge in [-0.3, -0.25) is 0 Å². The van der Waals surface area contributed by atoms with Gasteiger partial charge in [-0.05, 0) is 59.0 Å². The Morgan fingerprint density at radius 3 is 2.21 bits per heavy atom. The molecule has 0 aliphatic heterocycles. The lowest BCUT2D eigenvalue weighted by Crippen LogP contribution is -2.09. The molecule has 19 heavy (non-hydrogen) atoms. The van der Waals surface area contributed by atoms with Crippen LogP contribution < -0.4 is 9.47 Å². The van der Waals surface area contributed by atoms with Crippen LogP contribution in [0.25, 0.3) is 0 Å². The van der Waals surface area contributed by atoms with Crippen LogP contribution in [0, 0.1) is 14.9 Å². The highest BCUT2D eigenvalue weighted by Gasteiger charge is 1.97. The summed E-state index contributed by atoms with van der Waals surface area (Å²) in [6.07, 6.45) is 0. The van der Waals surface area contributed by atoms with Crippen molar-refractivity contribution in [3.05, 3.63) is 57.7 Å². The first-order valence-corrected chi connectivity index (χ1v) is 6.87. The molecule has 0 saturated heterocycles. The molecular weight excluding hydrogens is 353 g/mol. The molecule has 0 aromatic heterocycles. The van der Waals surface area contributed by atoms with Crippen molar-refractivity contribution in [3.8, 4) is 17.6 Å². The number of nitriles is 1. The number of hydrogen-bond donors (Lipinski definition) is 0. The molecule has 2 rings (SSSR count). The topological polar surface area (TPSA) is 42.2 Å². The number of nitrogens with zero attached hydrogens (tertiary/aromatic N) is 1. The third kappa shape index (κ3) is 4.45. The standard InChI is InChI=1S/C15H12INO2/c16-13-4-2-6-15(10-13)19-8-7-18-14-5-1-3-12(9-14)11-17/h1-6,9-10H,7-8H2. The van der Waals surface area contributed by atoms with Crippen molar-refractivity contribution < 1.29 is 9.47 Å². The van der Waals surface area contributed by atoms with Crippen LogP contribution in [-0.2, 0) is 0 Å². The van der Waals surface area contributed by atoms with Crippen molar-refractivity contribution >= 4 is 22.6 Å². The minimum Gasteiger partial charge on any atom is -0.490 e. The highest BCUT2D eigenvalue weighted by atomic mass is 127. The van der Waals surface area contributed by atoms with Gasteiger partial charge in [-0.1, -0.05) is 12.1 Å². The lowest BCUT2D eigenvalue weighted by atomic mass is 10.2. The molecule has 4 heteroatoms. The molecule has 0 N–H and O–H groups in total. The van der Waals surface area contributed by atoms with Crippen LogP contribution in [0.1, 0.15) is 5.56 Å². The van der Waals surface area contributed by atoms with Crippen molar-refractivity contribution in [1.29, 1.82) is 5.26 Å². The first-order chi connectivity index (χ1) is 9.28. The summed E-state index contributed by atoms with van der Waals surface area (Å²) in [6, 6.07) is 17.0. The Morgan fingerprint density at radius 1 is 0.947 bits per heavy atom. The van der Waals surface area contributed by atoms with E-state index in [4.69, 9.17) is 14.7 Å². The fourth-order valence-corrected chi connectivity index (χ4v) is 2.05. The molecule has 0 saturated carbocycles. The van der Waals surface area contributed by atoms with Gasteiger partial charge in [0.2, 0.25) is 0 Å². The second kappa shape index (κ2) is 7.00. The average Bonchev–Trinajstić information content (AvgIpc) is 2.44. The molecular formula is C15H12INO2. The van der Waals surface area contributed by atoms with Crippen molar-refractivity contribution in [2.24, 2.45) is 0 Å². The Kier molecular flexibility index (Phi) is 5.04. The molecule has 0 radical (unpaired) electrons. The van der Waals surface area contributed by atoms with E-state index in [0.29, 0.717) is 24.5 Å². The summed E-state index contributed by atoms with van der Waals surface area (Å²) in [7, 11) is 0. The van der Waals surface area contributed by atoms with Crippen molar-refractivity contribution in [1.82, 2.24) is 0 Å². The van der Waals surface area contributed by atoms with Crippen LogP contribution in [0.4, 0.5) is 0 Å². The Balaban J connectivity index is 1.79. The van der Waals surface area contributed by atoms with Crippen LogP contribution in [0.2, 0.25) is 0 Å². The lowest BCUT2D eigenvalue weighted by molar-refractivity contribution is 0.217. The number of benzene rings is 2. The first kappa shape index (κ1) is 13.7. The summed E-state index contributed by atoms with van der Waals surface area (Å²) in [5.41, 5.74) is 0.594. The number of rotatable bonds is 5. The zero-order chi connectivity index (χ0) is 13.5. The van der Waals surface area contributed by atoms with Gasteiger partial charge in [0.25, 0.3) is 0 Å². The van der Waals surface area contributed by atoms with Gasteiger partial charge in [-0.25, -0.2) is 0 Å². The number of ether oxygens (including phenoxy) is 2. The summed E-state index contributed by atoms with van der Waals surface area (Å²) in [5, 5.41) is 8.78. The molecule has 0 amide bonds. The Morgan fingerprint density at radius 2 is 1.58 bits per heavy atom. The third-order valence-electron chi connectivity index (χ3n) is 2.38. The summed E-state index contributed by atoms with van der Waals surface area (Å²) in [5.74, 6) is 1.52. The maximum Gasteiger partial charge on any atom is 0.122 e. The number of hydrogen-bond acceptors (Lipinski definition) is 3. The molecule has 0 fully saturated rings. The van der Waals surface area contributed by atoms with E-state index in [-0.39, 0.29) is 0 Å². The van der Waals surface area contributed by atoms with Gasteiger partial charge in [0, 0.05) is 3.57 Å². The highest BCUT2D eigenvalue weighted by Crippen LogP contribution is 2.15. The van der Waals surface area contributed by atoms with Crippen LogP contribution in [0.15, 0.2) is 48.5 Å². The van der Waals surface area contributed by atoms with Gasteiger partial charge < -0.3 is 9.47 Å². The second-order valence-electron chi connectivity index (χ2n) is 3.79. The molecule has 0 spiro atoms. The molecule has 2 aromatic rings. The molecule has 0 aliphatic rings. The minimum atomic E-state index is 0.445. The molecule has 2 aromatic carbocycles. The van der Waals surface area contributed by atoms with Crippen molar-refractivity contribution in [3.63, 3.8) is 0 Å².